The van der Waals surface area contributed by atoms with Gasteiger partial charge in [-0.25, -0.2) is 0 Å². The highest BCUT2D eigenvalue weighted by molar-refractivity contribution is 5.76. The Bertz CT molecular complexity index is 240. The maximum absolute atomic E-state index is 11.8. The molecule has 108 valence electrons. The second-order valence-corrected chi connectivity index (χ2v) is 5.90. The zero-order valence-corrected chi connectivity index (χ0v) is 12.6. The number of ether oxygens (including phenoxy) is 1. The van der Waals surface area contributed by atoms with Gasteiger partial charge >= 0.3 is 0 Å². The Morgan fingerprint density at radius 2 is 2.00 bits per heavy atom. The van der Waals surface area contributed by atoms with Gasteiger partial charge in [0.05, 0.1) is 5.60 Å². The van der Waals surface area contributed by atoms with Gasteiger partial charge in [0.25, 0.3) is 0 Å². The van der Waals surface area contributed by atoms with Crippen molar-refractivity contribution in [1.82, 2.24) is 5.32 Å². The van der Waals surface area contributed by atoms with Gasteiger partial charge in [-0.2, -0.15) is 0 Å². The zero-order valence-electron chi connectivity index (χ0n) is 12.6. The van der Waals surface area contributed by atoms with E-state index in [0.29, 0.717) is 32.0 Å². The normalized spacial score (nSPS) is 13.7. The third-order valence-corrected chi connectivity index (χ3v) is 2.86. The smallest absolute Gasteiger partial charge is 0.220 e. The molecule has 0 fully saturated rings. The Kier molecular flexibility index (Phi) is 8.20. The van der Waals surface area contributed by atoms with E-state index in [9.17, 15) is 4.79 Å². The molecule has 0 bridgehead atoms. The number of rotatable bonds is 9. The molecule has 18 heavy (non-hydrogen) atoms. The summed E-state index contributed by atoms with van der Waals surface area (Å²) in [5.74, 6) is 0.922. The van der Waals surface area contributed by atoms with Gasteiger partial charge < -0.3 is 15.8 Å². The monoisotopic (exact) mass is 258 g/mol. The molecule has 0 saturated heterocycles. The Hall–Kier alpha value is -0.610. The van der Waals surface area contributed by atoms with Crippen LogP contribution in [-0.4, -0.2) is 31.2 Å². The van der Waals surface area contributed by atoms with Crippen LogP contribution in [0.1, 0.15) is 47.5 Å². The predicted octanol–water partition coefficient (Wildman–Crippen LogP) is 1.93. The molecule has 4 heteroatoms. The van der Waals surface area contributed by atoms with E-state index in [4.69, 9.17) is 10.5 Å². The largest absolute Gasteiger partial charge is 0.374 e. The summed E-state index contributed by atoms with van der Waals surface area (Å²) in [5, 5.41) is 2.93. The number of carbonyl (C=O) groups excluding carboxylic acids is 1. The van der Waals surface area contributed by atoms with Gasteiger partial charge in [0, 0.05) is 19.6 Å². The Morgan fingerprint density at radius 1 is 1.39 bits per heavy atom. The molecule has 3 N–H and O–H groups in total. The van der Waals surface area contributed by atoms with Crippen molar-refractivity contribution in [3.63, 3.8) is 0 Å². The maximum atomic E-state index is 11.8. The van der Waals surface area contributed by atoms with Gasteiger partial charge in [-0.05, 0) is 45.6 Å². The van der Waals surface area contributed by atoms with Crippen molar-refractivity contribution in [2.75, 3.05) is 19.7 Å². The van der Waals surface area contributed by atoms with E-state index in [-0.39, 0.29) is 17.4 Å². The fraction of sp³-hybridized carbons (Fsp3) is 0.929. The van der Waals surface area contributed by atoms with Crippen LogP contribution in [0.2, 0.25) is 0 Å². The molecular weight excluding hydrogens is 228 g/mol. The average Bonchev–Trinajstić information content (AvgIpc) is 2.25. The van der Waals surface area contributed by atoms with Gasteiger partial charge in [0.15, 0.2) is 0 Å². The van der Waals surface area contributed by atoms with Gasteiger partial charge in [-0.3, -0.25) is 4.79 Å². The quantitative estimate of drug-likeness (QED) is 0.664. The molecule has 0 aromatic rings. The summed E-state index contributed by atoms with van der Waals surface area (Å²) >= 11 is 0. The molecule has 4 nitrogen and oxygen atoms in total. The minimum atomic E-state index is -0.305. The number of amides is 1. The van der Waals surface area contributed by atoms with E-state index in [0.717, 1.165) is 6.42 Å². The van der Waals surface area contributed by atoms with Crippen LogP contribution in [0.3, 0.4) is 0 Å². The third kappa shape index (κ3) is 8.48. The number of hydrogen-bond acceptors (Lipinski definition) is 3. The highest BCUT2D eigenvalue weighted by atomic mass is 16.5. The SMILES string of the molecule is CCOC(C)(C)CNC(=O)CC(CN)CC(C)C. The van der Waals surface area contributed by atoms with Crippen molar-refractivity contribution in [2.24, 2.45) is 17.6 Å². The molecule has 0 aliphatic carbocycles. The molecule has 0 rings (SSSR count). The van der Waals surface area contributed by atoms with Gasteiger partial charge in [0.1, 0.15) is 0 Å². The lowest BCUT2D eigenvalue weighted by atomic mass is 9.94. The van der Waals surface area contributed by atoms with Crippen molar-refractivity contribution < 1.29 is 9.53 Å². The molecule has 0 radical (unpaired) electrons. The van der Waals surface area contributed by atoms with Crippen LogP contribution in [0, 0.1) is 11.8 Å². The number of hydrogen-bond donors (Lipinski definition) is 2. The van der Waals surface area contributed by atoms with Gasteiger partial charge in [0.2, 0.25) is 5.91 Å². The van der Waals surface area contributed by atoms with Crippen LogP contribution in [0.25, 0.3) is 0 Å². The lowest BCUT2D eigenvalue weighted by Crippen LogP contribution is -2.41. The molecule has 1 atom stereocenters. The van der Waals surface area contributed by atoms with Crippen molar-refractivity contribution in [1.29, 1.82) is 0 Å². The summed E-state index contributed by atoms with van der Waals surface area (Å²) in [6, 6.07) is 0. The summed E-state index contributed by atoms with van der Waals surface area (Å²) < 4.78 is 5.54. The number of nitrogens with one attached hydrogen (secondary N) is 1. The molecule has 0 aliphatic heterocycles. The van der Waals surface area contributed by atoms with E-state index in [1.54, 1.807) is 0 Å². The number of nitrogens with two attached hydrogens (primary N) is 1. The minimum Gasteiger partial charge on any atom is -0.374 e. The molecule has 0 aliphatic rings. The van der Waals surface area contributed by atoms with E-state index in [2.05, 4.69) is 19.2 Å². The second-order valence-electron chi connectivity index (χ2n) is 5.90. The van der Waals surface area contributed by atoms with Crippen LogP contribution in [0.5, 0.6) is 0 Å². The Balaban J connectivity index is 4.02. The Morgan fingerprint density at radius 3 is 2.44 bits per heavy atom. The van der Waals surface area contributed by atoms with Gasteiger partial charge in [-0.1, -0.05) is 13.8 Å². The van der Waals surface area contributed by atoms with Crippen LogP contribution in [-0.2, 0) is 9.53 Å². The lowest BCUT2D eigenvalue weighted by Gasteiger charge is -2.25. The first-order chi connectivity index (χ1) is 8.30. The van der Waals surface area contributed by atoms with E-state index in [1.807, 2.05) is 20.8 Å². The van der Waals surface area contributed by atoms with E-state index in [1.165, 1.54) is 0 Å². The van der Waals surface area contributed by atoms with Crippen molar-refractivity contribution in [3.8, 4) is 0 Å². The summed E-state index contributed by atoms with van der Waals surface area (Å²) in [6.07, 6.45) is 1.51. The molecule has 0 heterocycles. The van der Waals surface area contributed by atoms with Crippen LogP contribution in [0.4, 0.5) is 0 Å². The average molecular weight is 258 g/mol. The fourth-order valence-corrected chi connectivity index (χ4v) is 2.02. The first-order valence-electron chi connectivity index (χ1n) is 6.91. The van der Waals surface area contributed by atoms with Crippen LogP contribution < -0.4 is 11.1 Å². The summed E-state index contributed by atoms with van der Waals surface area (Å²) in [6.45, 7) is 12.0. The molecule has 1 unspecified atom stereocenters. The molecular formula is C14H30N2O2. The molecule has 0 aromatic carbocycles. The molecule has 0 aromatic heterocycles. The third-order valence-electron chi connectivity index (χ3n) is 2.86. The number of carbonyl (C=O) groups is 1. The Labute approximate surface area is 112 Å². The van der Waals surface area contributed by atoms with Crippen LogP contribution >= 0.6 is 0 Å². The first kappa shape index (κ1) is 17.4. The summed E-state index contributed by atoms with van der Waals surface area (Å²) in [4.78, 5) is 11.8. The zero-order chi connectivity index (χ0) is 14.2. The highest BCUT2D eigenvalue weighted by Gasteiger charge is 2.20. The minimum absolute atomic E-state index is 0.0684. The van der Waals surface area contributed by atoms with Crippen molar-refractivity contribution in [3.05, 3.63) is 0 Å². The lowest BCUT2D eigenvalue weighted by molar-refractivity contribution is -0.123. The maximum Gasteiger partial charge on any atom is 0.220 e. The molecule has 0 spiro atoms. The van der Waals surface area contributed by atoms with E-state index >= 15 is 0 Å². The molecule has 1 amide bonds. The van der Waals surface area contributed by atoms with Crippen molar-refractivity contribution in [2.45, 2.75) is 53.1 Å². The second kappa shape index (κ2) is 8.48. The standard InChI is InChI=1S/C14H30N2O2/c1-6-18-14(4,5)10-16-13(17)8-12(9-15)7-11(2)3/h11-12H,6-10,15H2,1-5H3,(H,16,17). The topological polar surface area (TPSA) is 64.3 Å². The summed E-state index contributed by atoms with van der Waals surface area (Å²) in [7, 11) is 0. The molecule has 0 saturated carbocycles. The predicted molar refractivity (Wildman–Crippen MR) is 75.3 cm³/mol. The van der Waals surface area contributed by atoms with Gasteiger partial charge in [-0.15, -0.1) is 0 Å². The first-order valence-corrected chi connectivity index (χ1v) is 6.91. The van der Waals surface area contributed by atoms with Crippen molar-refractivity contribution >= 4 is 5.91 Å². The highest BCUT2D eigenvalue weighted by Crippen LogP contribution is 2.14. The van der Waals surface area contributed by atoms with E-state index < -0.39 is 0 Å². The summed E-state index contributed by atoms with van der Waals surface area (Å²) in [5.41, 5.74) is 5.39. The van der Waals surface area contributed by atoms with Crippen LogP contribution in [0.15, 0.2) is 0 Å². The fourth-order valence-electron chi connectivity index (χ4n) is 2.02.